The van der Waals surface area contributed by atoms with Crippen LogP contribution in [0.3, 0.4) is 0 Å². The van der Waals surface area contributed by atoms with Crippen molar-refractivity contribution in [2.75, 3.05) is 0 Å². The van der Waals surface area contributed by atoms with Crippen LogP contribution in [0.25, 0.3) is 88.0 Å². The summed E-state index contributed by atoms with van der Waals surface area (Å²) in [5.41, 5.74) is 14.2. The van der Waals surface area contributed by atoms with E-state index in [1.165, 1.54) is 82.6 Å². The Labute approximate surface area is 303 Å². The second-order valence-electron chi connectivity index (χ2n) is 14.4. The van der Waals surface area contributed by atoms with Crippen molar-refractivity contribution >= 4 is 43.5 Å². The zero-order chi connectivity index (χ0) is 34.8. The van der Waals surface area contributed by atoms with Gasteiger partial charge in [0.1, 0.15) is 11.2 Å². The first-order valence-electron chi connectivity index (χ1n) is 18.1. The van der Waals surface area contributed by atoms with Gasteiger partial charge in [0, 0.05) is 21.6 Å². The largest absolute Gasteiger partial charge is 0.455 e. The van der Waals surface area contributed by atoms with Crippen LogP contribution in [0.2, 0.25) is 0 Å². The van der Waals surface area contributed by atoms with E-state index in [-0.39, 0.29) is 5.41 Å². The molecule has 0 aliphatic heterocycles. The fourth-order valence-electron chi connectivity index (χ4n) is 8.62. The highest BCUT2D eigenvalue weighted by molar-refractivity contribution is 6.18. The van der Waals surface area contributed by atoms with Crippen LogP contribution < -0.4 is 0 Å². The van der Waals surface area contributed by atoms with Gasteiger partial charge in [-0.05, 0) is 90.0 Å². The van der Waals surface area contributed by atoms with E-state index in [9.17, 15) is 0 Å². The second-order valence-corrected chi connectivity index (χ2v) is 14.4. The summed E-state index contributed by atoms with van der Waals surface area (Å²) < 4.78 is 6.64. The summed E-state index contributed by atoms with van der Waals surface area (Å²) in [7, 11) is 0. The molecule has 1 heteroatoms. The van der Waals surface area contributed by atoms with Gasteiger partial charge < -0.3 is 4.42 Å². The Morgan fingerprint density at radius 2 is 0.942 bits per heavy atom. The van der Waals surface area contributed by atoms with Crippen LogP contribution in [-0.4, -0.2) is 0 Å². The van der Waals surface area contributed by atoms with E-state index < -0.39 is 0 Å². The first-order chi connectivity index (χ1) is 25.6. The predicted octanol–water partition coefficient (Wildman–Crippen LogP) is 14.3. The number of furan rings is 1. The van der Waals surface area contributed by atoms with Crippen molar-refractivity contribution in [2.45, 2.75) is 19.3 Å². The van der Waals surface area contributed by atoms with Crippen LogP contribution in [-0.2, 0) is 5.41 Å². The van der Waals surface area contributed by atoms with Crippen molar-refractivity contribution in [3.63, 3.8) is 0 Å². The number of hydrogen-bond acceptors (Lipinski definition) is 1. The second kappa shape index (κ2) is 11.8. The molecular formula is C51H36O. The molecule has 0 fully saturated rings. The topological polar surface area (TPSA) is 13.1 Å². The Kier molecular flexibility index (Phi) is 6.91. The third-order valence-electron chi connectivity index (χ3n) is 11.1. The summed E-state index contributed by atoms with van der Waals surface area (Å²) in [4.78, 5) is 0. The lowest BCUT2D eigenvalue weighted by Gasteiger charge is -2.23. The minimum absolute atomic E-state index is 0.203. The van der Waals surface area contributed by atoms with Gasteiger partial charge >= 0.3 is 0 Å². The SMILES string of the molecule is CC1(C)c2ccc(-c3ccccccc(-c4ccc(-c5ccccc5)cc4)c4ccccc34)cc2-c2ccc3ccc4c5ccccc5oc4c3c21. The molecule has 52 heavy (non-hydrogen) atoms. The van der Waals surface area contributed by atoms with Gasteiger partial charge in [-0.25, -0.2) is 0 Å². The Hall–Kier alpha value is -6.44. The number of hydrogen-bond donors (Lipinski definition) is 0. The van der Waals surface area contributed by atoms with Gasteiger partial charge in [-0.1, -0.05) is 178 Å². The van der Waals surface area contributed by atoms with Crippen molar-refractivity contribution in [3.8, 4) is 44.5 Å². The number of fused-ring (bicyclic) bond motifs is 10. The van der Waals surface area contributed by atoms with E-state index in [4.69, 9.17) is 4.42 Å². The Bertz CT molecular complexity index is 2910. The Morgan fingerprint density at radius 3 is 1.69 bits per heavy atom. The molecule has 0 saturated heterocycles. The first kappa shape index (κ1) is 30.4. The molecule has 246 valence electrons. The molecule has 1 aromatic heterocycles. The van der Waals surface area contributed by atoms with Crippen LogP contribution in [0.1, 0.15) is 25.0 Å². The van der Waals surface area contributed by atoms with Crippen LogP contribution in [0.15, 0.2) is 186 Å². The lowest BCUT2D eigenvalue weighted by atomic mass is 9.79. The highest BCUT2D eigenvalue weighted by atomic mass is 16.3. The minimum Gasteiger partial charge on any atom is -0.455 e. The molecule has 0 radical (unpaired) electrons. The van der Waals surface area contributed by atoms with Gasteiger partial charge in [0.05, 0.1) is 0 Å². The maximum Gasteiger partial charge on any atom is 0.143 e. The van der Waals surface area contributed by atoms with Gasteiger partial charge in [0.15, 0.2) is 0 Å². The highest BCUT2D eigenvalue weighted by Crippen LogP contribution is 2.54. The number of rotatable bonds is 3. The third-order valence-corrected chi connectivity index (χ3v) is 11.1. The van der Waals surface area contributed by atoms with Crippen molar-refractivity contribution in [3.05, 3.63) is 193 Å². The average molecular weight is 665 g/mol. The third kappa shape index (κ3) is 4.70. The molecule has 1 nitrogen and oxygen atoms in total. The molecule has 8 aromatic carbocycles. The minimum atomic E-state index is -0.203. The molecular weight excluding hydrogens is 629 g/mol. The van der Waals surface area contributed by atoms with E-state index in [0.29, 0.717) is 0 Å². The number of para-hydroxylation sites is 1. The smallest absolute Gasteiger partial charge is 0.143 e. The molecule has 0 N–H and O–H groups in total. The quantitative estimate of drug-likeness (QED) is 0.183. The Morgan fingerprint density at radius 1 is 0.385 bits per heavy atom. The molecule has 1 heterocycles. The van der Waals surface area contributed by atoms with Gasteiger partial charge in [0.2, 0.25) is 0 Å². The van der Waals surface area contributed by atoms with E-state index in [0.717, 1.165) is 16.6 Å². The Balaban J connectivity index is 1.18. The summed E-state index contributed by atoms with van der Waals surface area (Å²) in [5, 5.41) is 7.19. The van der Waals surface area contributed by atoms with Gasteiger partial charge in [0.25, 0.3) is 0 Å². The van der Waals surface area contributed by atoms with Crippen LogP contribution in [0.4, 0.5) is 0 Å². The van der Waals surface area contributed by atoms with Crippen molar-refractivity contribution in [1.82, 2.24) is 0 Å². The zero-order valence-corrected chi connectivity index (χ0v) is 29.2. The molecule has 10 rings (SSSR count). The average Bonchev–Trinajstić information content (AvgIpc) is 3.68. The molecule has 1 aliphatic rings. The highest BCUT2D eigenvalue weighted by Gasteiger charge is 2.38. The maximum atomic E-state index is 6.64. The lowest BCUT2D eigenvalue weighted by molar-refractivity contribution is 0.656. The number of benzene rings is 7. The molecule has 0 atom stereocenters. The van der Waals surface area contributed by atoms with Gasteiger partial charge in [-0.15, -0.1) is 0 Å². The molecule has 1 aliphatic carbocycles. The van der Waals surface area contributed by atoms with Crippen LogP contribution >= 0.6 is 0 Å². The van der Waals surface area contributed by atoms with Crippen molar-refractivity contribution < 1.29 is 4.42 Å². The monoisotopic (exact) mass is 664 g/mol. The molecule has 9 aromatic rings. The molecule has 0 spiro atoms. The first-order valence-corrected chi connectivity index (χ1v) is 18.1. The summed E-state index contributed by atoms with van der Waals surface area (Å²) in [6.45, 7) is 4.73. The van der Waals surface area contributed by atoms with E-state index in [1.807, 2.05) is 0 Å². The van der Waals surface area contributed by atoms with Gasteiger partial charge in [-0.2, -0.15) is 0 Å². The van der Waals surface area contributed by atoms with Crippen molar-refractivity contribution in [1.29, 1.82) is 0 Å². The van der Waals surface area contributed by atoms with E-state index in [1.54, 1.807) is 0 Å². The summed E-state index contributed by atoms with van der Waals surface area (Å²) in [6, 6.07) is 66.0. The van der Waals surface area contributed by atoms with E-state index >= 15 is 0 Å². The van der Waals surface area contributed by atoms with Crippen molar-refractivity contribution in [2.24, 2.45) is 0 Å². The van der Waals surface area contributed by atoms with Gasteiger partial charge in [-0.3, -0.25) is 0 Å². The summed E-state index contributed by atoms with van der Waals surface area (Å²) in [5.74, 6) is 0. The predicted molar refractivity (Wildman–Crippen MR) is 220 cm³/mol. The summed E-state index contributed by atoms with van der Waals surface area (Å²) >= 11 is 0. The summed E-state index contributed by atoms with van der Waals surface area (Å²) in [6.07, 6.45) is 0. The maximum absolute atomic E-state index is 6.64. The molecule has 0 unspecified atom stereocenters. The molecule has 0 bridgehead atoms. The fraction of sp³-hybridized carbons (Fsp3) is 0.0588. The zero-order valence-electron chi connectivity index (χ0n) is 29.2. The fourth-order valence-corrected chi connectivity index (χ4v) is 8.62. The standard InChI is InChI=1S/C51H36O/c1-51(2)46-31-28-37(32-45(46)43-29-26-36-27-30-44-42-20-12-13-21-47(42)52-50(44)48(36)49(43)51)39-17-9-4-3-8-16-38(40-18-10-11-19-41(39)40)35-24-22-34(23-25-35)33-14-6-5-7-15-33/h3-32H,1-2H3. The van der Waals surface area contributed by atoms with Crippen LogP contribution in [0.5, 0.6) is 0 Å². The normalized spacial score (nSPS) is 13.0. The van der Waals surface area contributed by atoms with Crippen LogP contribution in [0, 0.1) is 0 Å². The molecule has 0 amide bonds. The lowest BCUT2D eigenvalue weighted by Crippen LogP contribution is -2.15. The van der Waals surface area contributed by atoms with E-state index in [2.05, 4.69) is 196 Å². The molecule has 0 saturated carbocycles.